The molecule has 0 radical (unpaired) electrons. The number of amides is 4. The maximum Gasteiger partial charge on any atom is 0.412 e. The van der Waals surface area contributed by atoms with E-state index in [4.69, 9.17) is 4.74 Å². The molecule has 11 heteroatoms. The molecule has 3 aromatic rings. The van der Waals surface area contributed by atoms with E-state index in [0.717, 1.165) is 0 Å². The van der Waals surface area contributed by atoms with Crippen LogP contribution in [-0.2, 0) is 16.1 Å². The highest BCUT2D eigenvalue weighted by atomic mass is 19.4. The number of rotatable bonds is 6. The van der Waals surface area contributed by atoms with Gasteiger partial charge in [0.05, 0.1) is 0 Å². The molecule has 4 amide bonds. The van der Waals surface area contributed by atoms with Gasteiger partial charge in [0.1, 0.15) is 17.5 Å². The number of ether oxygens (including phenoxy) is 1. The van der Waals surface area contributed by atoms with E-state index in [2.05, 4.69) is 5.32 Å². The molecule has 39 heavy (non-hydrogen) atoms. The molecule has 0 aromatic heterocycles. The summed E-state index contributed by atoms with van der Waals surface area (Å²) in [5.74, 6) is -1.82. The van der Waals surface area contributed by atoms with E-state index in [1.165, 1.54) is 47.4 Å². The van der Waals surface area contributed by atoms with Gasteiger partial charge < -0.3 is 15.0 Å². The van der Waals surface area contributed by atoms with Crippen molar-refractivity contribution in [2.45, 2.75) is 37.6 Å². The van der Waals surface area contributed by atoms with Gasteiger partial charge in [-0.05, 0) is 60.0 Å². The van der Waals surface area contributed by atoms with Gasteiger partial charge in [-0.15, -0.1) is 0 Å². The summed E-state index contributed by atoms with van der Waals surface area (Å²) < 4.78 is 47.8. The van der Waals surface area contributed by atoms with E-state index >= 15 is 0 Å². The Kier molecular flexibility index (Phi) is 6.81. The molecule has 1 fully saturated rings. The lowest BCUT2D eigenvalue weighted by Gasteiger charge is -2.29. The quantitative estimate of drug-likeness (QED) is 0.457. The Balaban J connectivity index is 1.34. The van der Waals surface area contributed by atoms with Gasteiger partial charge in [0.15, 0.2) is 6.04 Å². The number of carbonyl (C=O) groups excluding carboxylic acids is 4. The zero-order valence-electron chi connectivity index (χ0n) is 20.3. The van der Waals surface area contributed by atoms with Crippen molar-refractivity contribution < 1.29 is 37.1 Å². The normalized spacial score (nSPS) is 17.9. The third kappa shape index (κ3) is 5.47. The van der Waals surface area contributed by atoms with E-state index < -0.39 is 41.9 Å². The third-order valence-corrected chi connectivity index (χ3v) is 6.56. The largest absolute Gasteiger partial charge is 0.457 e. The summed E-state index contributed by atoms with van der Waals surface area (Å²) in [6.07, 6.45) is -4.56. The molecule has 2 heterocycles. The van der Waals surface area contributed by atoms with Gasteiger partial charge in [0.25, 0.3) is 11.8 Å². The van der Waals surface area contributed by atoms with Crippen LogP contribution in [0.3, 0.4) is 0 Å². The van der Waals surface area contributed by atoms with Crippen molar-refractivity contribution in [1.29, 1.82) is 0 Å². The topological polar surface area (TPSA) is 105 Å². The number of nitrogens with one attached hydrogen (secondary N) is 2. The highest BCUT2D eigenvalue weighted by molar-refractivity contribution is 6.06. The Morgan fingerprint density at radius 3 is 2.44 bits per heavy atom. The van der Waals surface area contributed by atoms with Crippen molar-refractivity contribution in [1.82, 2.24) is 15.5 Å². The number of imide groups is 1. The zero-order chi connectivity index (χ0) is 27.7. The number of fused-ring (bicyclic) bond motifs is 1. The standard InChI is InChI=1S/C28H22F3N3O5/c29-28(30,31)24(16-5-4-8-20(14-16)39-19-6-2-1-3-7-19)33-25(36)17-9-10-21-18(13-17)15-34(27(21)38)22-11-12-23(35)32-26(22)37/h1-10,13-14,22,24H,11-12,15H2,(H,33,36)(H,32,35,37)/t22?,24-/m1/s1. The highest BCUT2D eigenvalue weighted by Crippen LogP contribution is 2.35. The fourth-order valence-corrected chi connectivity index (χ4v) is 4.67. The second-order valence-electron chi connectivity index (χ2n) is 9.21. The van der Waals surface area contributed by atoms with Gasteiger partial charge in [-0.3, -0.25) is 24.5 Å². The maximum absolute atomic E-state index is 14.1. The summed E-state index contributed by atoms with van der Waals surface area (Å²) in [7, 11) is 0. The molecule has 2 N–H and O–H groups in total. The van der Waals surface area contributed by atoms with Crippen molar-refractivity contribution in [2.24, 2.45) is 0 Å². The first kappa shape index (κ1) is 26.0. The van der Waals surface area contributed by atoms with Crippen LogP contribution < -0.4 is 15.4 Å². The summed E-state index contributed by atoms with van der Waals surface area (Å²) in [4.78, 5) is 50.8. The van der Waals surface area contributed by atoms with Crippen LogP contribution >= 0.6 is 0 Å². The summed E-state index contributed by atoms with van der Waals surface area (Å²) in [5.41, 5.74) is 0.357. The van der Waals surface area contributed by atoms with E-state index in [1.807, 2.05) is 5.32 Å². The number of para-hydroxylation sites is 1. The number of piperidine rings is 1. The van der Waals surface area contributed by atoms with Crippen LogP contribution in [0.1, 0.15) is 50.7 Å². The zero-order valence-corrected chi connectivity index (χ0v) is 20.3. The van der Waals surface area contributed by atoms with Crippen molar-refractivity contribution in [3.05, 3.63) is 95.1 Å². The van der Waals surface area contributed by atoms with Crippen molar-refractivity contribution >= 4 is 23.6 Å². The molecule has 8 nitrogen and oxygen atoms in total. The molecule has 3 aromatic carbocycles. The van der Waals surface area contributed by atoms with Gasteiger partial charge in [-0.25, -0.2) is 0 Å². The first-order chi connectivity index (χ1) is 18.6. The second kappa shape index (κ2) is 10.2. The number of benzene rings is 3. The lowest BCUT2D eigenvalue weighted by molar-refractivity contribution is -0.155. The monoisotopic (exact) mass is 537 g/mol. The molecular weight excluding hydrogens is 515 g/mol. The Labute approximate surface area is 220 Å². The van der Waals surface area contributed by atoms with Crippen LogP contribution in [-0.4, -0.2) is 40.7 Å². The van der Waals surface area contributed by atoms with E-state index in [0.29, 0.717) is 11.3 Å². The van der Waals surface area contributed by atoms with Gasteiger partial charge in [-0.2, -0.15) is 13.2 Å². The SMILES string of the molecule is O=C1CCC(N2Cc3cc(C(=O)N[C@H](c4cccc(Oc5ccccc5)c4)C(F)(F)F)ccc3C2=O)C(=O)N1. The number of nitrogens with zero attached hydrogens (tertiary/aromatic N) is 1. The first-order valence-electron chi connectivity index (χ1n) is 12.1. The van der Waals surface area contributed by atoms with Crippen LogP contribution in [0.25, 0.3) is 0 Å². The molecule has 2 aliphatic rings. The Bertz CT molecular complexity index is 1460. The number of hydrogen-bond donors (Lipinski definition) is 2. The molecule has 0 spiro atoms. The van der Waals surface area contributed by atoms with E-state index in [-0.39, 0.29) is 41.8 Å². The minimum atomic E-state index is -4.81. The summed E-state index contributed by atoms with van der Waals surface area (Å²) in [6, 6.07) is 14.7. The average molecular weight is 537 g/mol. The Morgan fingerprint density at radius 1 is 0.974 bits per heavy atom. The van der Waals surface area contributed by atoms with Crippen molar-refractivity contribution in [3.63, 3.8) is 0 Å². The number of halogens is 3. The van der Waals surface area contributed by atoms with Gasteiger partial charge in [0.2, 0.25) is 11.8 Å². The summed E-state index contributed by atoms with van der Waals surface area (Å²) in [6.45, 7) is -0.0108. The van der Waals surface area contributed by atoms with Crippen LogP contribution in [0.2, 0.25) is 0 Å². The molecule has 1 unspecified atom stereocenters. The minimum absolute atomic E-state index is 0.0108. The maximum atomic E-state index is 14.1. The summed E-state index contributed by atoms with van der Waals surface area (Å²) >= 11 is 0. The molecule has 200 valence electrons. The summed E-state index contributed by atoms with van der Waals surface area (Å²) in [5, 5.41) is 4.25. The molecule has 2 atom stereocenters. The van der Waals surface area contributed by atoms with Gasteiger partial charge in [-0.1, -0.05) is 30.3 Å². The average Bonchev–Trinajstić information content (AvgIpc) is 3.22. The van der Waals surface area contributed by atoms with Crippen molar-refractivity contribution in [3.8, 4) is 11.5 Å². The predicted octanol–water partition coefficient (Wildman–Crippen LogP) is 4.27. The molecule has 2 aliphatic heterocycles. The first-order valence-corrected chi connectivity index (χ1v) is 12.1. The van der Waals surface area contributed by atoms with Crippen molar-refractivity contribution in [2.75, 3.05) is 0 Å². The smallest absolute Gasteiger partial charge is 0.412 e. The molecule has 0 bridgehead atoms. The predicted molar refractivity (Wildman–Crippen MR) is 132 cm³/mol. The molecule has 0 saturated carbocycles. The minimum Gasteiger partial charge on any atom is -0.457 e. The lowest BCUT2D eigenvalue weighted by Crippen LogP contribution is -2.52. The number of alkyl halides is 3. The highest BCUT2D eigenvalue weighted by Gasteiger charge is 2.43. The van der Waals surface area contributed by atoms with E-state index in [1.54, 1.807) is 30.3 Å². The fraction of sp³-hybridized carbons (Fsp3) is 0.214. The van der Waals surface area contributed by atoms with Crippen LogP contribution in [0.5, 0.6) is 11.5 Å². The molecule has 1 saturated heterocycles. The lowest BCUT2D eigenvalue weighted by atomic mass is 10.0. The fourth-order valence-electron chi connectivity index (χ4n) is 4.67. The molecular formula is C28H22F3N3O5. The van der Waals surface area contributed by atoms with Crippen LogP contribution in [0, 0.1) is 0 Å². The Morgan fingerprint density at radius 2 is 1.72 bits per heavy atom. The second-order valence-corrected chi connectivity index (χ2v) is 9.21. The Hall–Kier alpha value is -4.67. The number of hydrogen-bond acceptors (Lipinski definition) is 5. The van der Waals surface area contributed by atoms with Crippen LogP contribution in [0.15, 0.2) is 72.8 Å². The molecule has 0 aliphatic carbocycles. The number of carbonyl (C=O) groups is 4. The van der Waals surface area contributed by atoms with Gasteiger partial charge >= 0.3 is 6.18 Å². The van der Waals surface area contributed by atoms with Crippen LogP contribution in [0.4, 0.5) is 13.2 Å². The molecule has 5 rings (SSSR count). The van der Waals surface area contributed by atoms with E-state index in [9.17, 15) is 32.3 Å². The third-order valence-electron chi connectivity index (χ3n) is 6.56. The van der Waals surface area contributed by atoms with Gasteiger partial charge in [0, 0.05) is 24.1 Å².